The Morgan fingerprint density at radius 3 is 0.947 bits per heavy atom. The number of ether oxygens (including phenoxy) is 3. The Bertz CT molecular complexity index is 1620. The van der Waals surface area contributed by atoms with Gasteiger partial charge in [0.05, 0.1) is 0 Å². The van der Waals surface area contributed by atoms with Crippen molar-refractivity contribution in [2.75, 3.05) is 13.2 Å². The Balaban J connectivity index is 4.57. The average Bonchev–Trinajstić information content (AvgIpc) is 3.41. The lowest BCUT2D eigenvalue weighted by molar-refractivity contribution is -0.166. The molecule has 0 heterocycles. The molecule has 0 aliphatic rings. The number of carbonyl (C=O) groups is 3. The molecule has 0 spiro atoms. The minimum atomic E-state index is -0.829. The first-order valence-corrected chi connectivity index (χ1v) is 30.7. The summed E-state index contributed by atoms with van der Waals surface area (Å²) in [4.78, 5) is 38.2. The van der Waals surface area contributed by atoms with Gasteiger partial charge >= 0.3 is 17.9 Å². The van der Waals surface area contributed by atoms with E-state index in [2.05, 4.69) is 148 Å². The van der Waals surface area contributed by atoms with Crippen LogP contribution in [-0.4, -0.2) is 37.2 Å². The third kappa shape index (κ3) is 60.3. The van der Waals surface area contributed by atoms with E-state index < -0.39 is 6.10 Å². The van der Waals surface area contributed by atoms with Gasteiger partial charge in [-0.3, -0.25) is 14.4 Å². The molecule has 0 bridgehead atoms. The van der Waals surface area contributed by atoms with Crippen molar-refractivity contribution < 1.29 is 28.6 Å². The Labute approximate surface area is 462 Å². The number of hydrogen-bond acceptors (Lipinski definition) is 6. The second-order valence-corrected chi connectivity index (χ2v) is 19.9. The molecule has 0 aliphatic heterocycles. The molecular formula is C69H112O6. The number of hydrogen-bond donors (Lipinski definition) is 0. The highest BCUT2D eigenvalue weighted by atomic mass is 16.6. The maximum absolute atomic E-state index is 12.9. The molecule has 0 saturated heterocycles. The number of carbonyl (C=O) groups excluding carboxylic acids is 3. The lowest BCUT2D eigenvalue weighted by atomic mass is 10.1. The standard InChI is InChI=1S/C69H112O6/c1-4-7-10-13-16-19-22-25-28-31-34-37-40-43-46-49-52-55-58-61-67(70)73-64-66(75-69(72)63-60-57-54-51-48-45-42-39-36-33-30-27-24-21-18-15-12-9-6-3)65-74-68(71)62-59-56-53-50-47-44-41-38-35-32-29-26-23-20-17-14-11-8-5-2/h7,10,16-17,19-20,25-30,34-35,37-38,43-44,46-47,53,56,66H,4-6,8-9,11-15,18,21-24,31-33,36,39-42,45,48-52,54-55,57-65H2,1-3H3/b10-7-,19-16-,20-17-,28-25-,29-26-,30-27-,37-34-,38-35-,46-43-,47-44-,56-53-/t66-/m1/s1. The summed E-state index contributed by atoms with van der Waals surface area (Å²) >= 11 is 0. The summed E-state index contributed by atoms with van der Waals surface area (Å²) in [6, 6.07) is 0. The van der Waals surface area contributed by atoms with Crippen molar-refractivity contribution in [1.29, 1.82) is 0 Å². The quantitative estimate of drug-likeness (QED) is 0.0261. The molecule has 0 amide bonds. The molecule has 0 radical (unpaired) electrons. The minimum absolute atomic E-state index is 0.123. The van der Waals surface area contributed by atoms with Crippen LogP contribution in [-0.2, 0) is 28.6 Å². The normalized spacial score (nSPS) is 13.1. The van der Waals surface area contributed by atoms with Gasteiger partial charge in [0.1, 0.15) is 13.2 Å². The van der Waals surface area contributed by atoms with Gasteiger partial charge in [-0.1, -0.05) is 251 Å². The summed E-state index contributed by atoms with van der Waals surface area (Å²) in [6.07, 6.45) is 87.4. The Morgan fingerprint density at radius 2 is 0.547 bits per heavy atom. The summed E-state index contributed by atoms with van der Waals surface area (Å²) in [5.74, 6) is -1.04. The van der Waals surface area contributed by atoms with Crippen LogP contribution >= 0.6 is 0 Å². The molecule has 6 nitrogen and oxygen atoms in total. The molecule has 0 aliphatic carbocycles. The van der Waals surface area contributed by atoms with Crippen LogP contribution in [0.25, 0.3) is 0 Å². The molecular weight excluding hydrogens is 925 g/mol. The van der Waals surface area contributed by atoms with E-state index in [0.29, 0.717) is 19.3 Å². The van der Waals surface area contributed by atoms with Gasteiger partial charge in [-0.15, -0.1) is 0 Å². The number of esters is 3. The largest absolute Gasteiger partial charge is 0.462 e. The zero-order chi connectivity index (χ0) is 54.3. The Morgan fingerprint density at radius 1 is 0.280 bits per heavy atom. The smallest absolute Gasteiger partial charge is 0.306 e. The third-order valence-electron chi connectivity index (χ3n) is 12.6. The van der Waals surface area contributed by atoms with E-state index in [1.165, 1.54) is 116 Å². The molecule has 0 saturated carbocycles. The first-order chi connectivity index (χ1) is 37.0. The zero-order valence-electron chi connectivity index (χ0n) is 48.5. The fourth-order valence-corrected chi connectivity index (χ4v) is 8.03. The topological polar surface area (TPSA) is 78.9 Å². The maximum atomic E-state index is 12.9. The number of unbranched alkanes of at least 4 members (excludes halogenated alkanes) is 21. The summed E-state index contributed by atoms with van der Waals surface area (Å²) < 4.78 is 16.8. The van der Waals surface area contributed by atoms with Crippen LogP contribution in [0.15, 0.2) is 134 Å². The summed E-state index contributed by atoms with van der Waals surface area (Å²) in [7, 11) is 0. The minimum Gasteiger partial charge on any atom is -0.462 e. The molecule has 0 unspecified atom stereocenters. The van der Waals surface area contributed by atoms with Crippen LogP contribution in [0.2, 0.25) is 0 Å². The Kier molecular flexibility index (Phi) is 58.4. The molecule has 0 N–H and O–H groups in total. The van der Waals surface area contributed by atoms with Gasteiger partial charge in [0, 0.05) is 19.3 Å². The van der Waals surface area contributed by atoms with E-state index >= 15 is 0 Å². The fourth-order valence-electron chi connectivity index (χ4n) is 8.03. The molecule has 6 heteroatoms. The van der Waals surface area contributed by atoms with E-state index in [1.54, 1.807) is 0 Å². The van der Waals surface area contributed by atoms with Crippen LogP contribution in [0.3, 0.4) is 0 Å². The first kappa shape index (κ1) is 70.5. The van der Waals surface area contributed by atoms with Crippen LogP contribution in [0, 0.1) is 0 Å². The molecule has 1 atom stereocenters. The second-order valence-electron chi connectivity index (χ2n) is 19.9. The van der Waals surface area contributed by atoms with Gasteiger partial charge in [0.2, 0.25) is 0 Å². The third-order valence-corrected chi connectivity index (χ3v) is 12.6. The number of allylic oxidation sites excluding steroid dienone is 22. The van der Waals surface area contributed by atoms with Crippen molar-refractivity contribution in [1.82, 2.24) is 0 Å². The van der Waals surface area contributed by atoms with Gasteiger partial charge in [-0.05, 0) is 128 Å². The maximum Gasteiger partial charge on any atom is 0.306 e. The van der Waals surface area contributed by atoms with E-state index in [-0.39, 0.29) is 37.5 Å². The van der Waals surface area contributed by atoms with Crippen molar-refractivity contribution in [2.24, 2.45) is 0 Å². The van der Waals surface area contributed by atoms with Gasteiger partial charge in [-0.2, -0.15) is 0 Å². The van der Waals surface area contributed by atoms with Gasteiger partial charge in [0.15, 0.2) is 6.10 Å². The van der Waals surface area contributed by atoms with Crippen LogP contribution in [0.5, 0.6) is 0 Å². The summed E-state index contributed by atoms with van der Waals surface area (Å²) in [5, 5.41) is 0. The Hall–Kier alpha value is -4.45. The van der Waals surface area contributed by atoms with Gasteiger partial charge < -0.3 is 14.2 Å². The first-order valence-electron chi connectivity index (χ1n) is 30.7. The van der Waals surface area contributed by atoms with Crippen molar-refractivity contribution in [2.45, 2.75) is 271 Å². The van der Waals surface area contributed by atoms with Gasteiger partial charge in [0.25, 0.3) is 0 Å². The van der Waals surface area contributed by atoms with E-state index in [0.717, 1.165) is 103 Å². The van der Waals surface area contributed by atoms with E-state index in [4.69, 9.17) is 14.2 Å². The molecule has 0 fully saturated rings. The molecule has 424 valence electrons. The summed E-state index contributed by atoms with van der Waals surface area (Å²) in [6.45, 7) is 6.41. The lowest BCUT2D eigenvalue weighted by Gasteiger charge is -2.18. The monoisotopic (exact) mass is 1040 g/mol. The van der Waals surface area contributed by atoms with Crippen LogP contribution < -0.4 is 0 Å². The molecule has 0 aromatic rings. The number of rotatable bonds is 54. The predicted octanol–water partition coefficient (Wildman–Crippen LogP) is 21.0. The van der Waals surface area contributed by atoms with Crippen LogP contribution in [0.1, 0.15) is 265 Å². The average molecular weight is 1040 g/mol. The van der Waals surface area contributed by atoms with Crippen molar-refractivity contribution in [3.8, 4) is 0 Å². The highest BCUT2D eigenvalue weighted by Crippen LogP contribution is 2.14. The fraction of sp³-hybridized carbons (Fsp3) is 0.638. The predicted molar refractivity (Wildman–Crippen MR) is 325 cm³/mol. The highest BCUT2D eigenvalue weighted by Gasteiger charge is 2.19. The van der Waals surface area contributed by atoms with Crippen molar-refractivity contribution in [3.63, 3.8) is 0 Å². The second kappa shape index (κ2) is 62.1. The zero-order valence-corrected chi connectivity index (χ0v) is 48.5. The van der Waals surface area contributed by atoms with Crippen molar-refractivity contribution in [3.05, 3.63) is 134 Å². The lowest BCUT2D eigenvalue weighted by Crippen LogP contribution is -2.30. The SMILES string of the molecule is CC/C=C\C/C=C\C/C=C\C/C=C\C/C=C\CCCCCC(=O)OC[C@H](COC(=O)CC/C=C\C/C=C\C/C=C\C/C=C\C/C=C\CCCCC)OC(=O)CCCCCCCCCCC/C=C\CCCCCCCC. The molecule has 75 heavy (non-hydrogen) atoms. The van der Waals surface area contributed by atoms with Gasteiger partial charge in [-0.25, -0.2) is 0 Å². The van der Waals surface area contributed by atoms with E-state index in [9.17, 15) is 14.4 Å². The summed E-state index contributed by atoms with van der Waals surface area (Å²) in [5.41, 5.74) is 0. The molecule has 0 rings (SSSR count). The molecule has 0 aromatic carbocycles. The van der Waals surface area contributed by atoms with Crippen LogP contribution in [0.4, 0.5) is 0 Å². The van der Waals surface area contributed by atoms with Crippen molar-refractivity contribution >= 4 is 17.9 Å². The molecule has 0 aromatic heterocycles. The highest BCUT2D eigenvalue weighted by molar-refractivity contribution is 5.71. The van der Waals surface area contributed by atoms with E-state index in [1.807, 2.05) is 6.08 Å².